The summed E-state index contributed by atoms with van der Waals surface area (Å²) in [4.78, 5) is 0. The Hall–Kier alpha value is -0.572. The van der Waals surface area contributed by atoms with Crippen molar-refractivity contribution in [1.29, 1.82) is 0 Å². The first kappa shape index (κ1) is 25.4. The molecule has 0 aliphatic heterocycles. The van der Waals surface area contributed by atoms with Gasteiger partial charge in [0, 0.05) is 0 Å². The molecule has 0 fully saturated rings. The van der Waals surface area contributed by atoms with Gasteiger partial charge in [0.1, 0.15) is 0 Å². The van der Waals surface area contributed by atoms with E-state index in [4.69, 9.17) is 0 Å². The van der Waals surface area contributed by atoms with E-state index in [0.29, 0.717) is 0 Å². The number of hydrogen-bond donors (Lipinski definition) is 0. The van der Waals surface area contributed by atoms with Gasteiger partial charge >= 0.3 is 21.1 Å². The Morgan fingerprint density at radius 3 is 0.810 bits per heavy atom. The molecule has 0 heterocycles. The van der Waals surface area contributed by atoms with Gasteiger partial charge in [-0.15, -0.1) is 8.42 Å². The SMILES string of the molecule is C[SH+](C)=O.C[SH+](C)=O.[Pt+2].[c-]1ccccc1.[c-]1ccccc1. The van der Waals surface area contributed by atoms with Gasteiger partial charge in [0.05, 0.1) is 46.6 Å². The van der Waals surface area contributed by atoms with E-state index in [1.807, 2.05) is 60.7 Å². The van der Waals surface area contributed by atoms with Crippen LogP contribution in [0.4, 0.5) is 0 Å². The van der Waals surface area contributed by atoms with E-state index in [1.54, 1.807) is 25.0 Å². The van der Waals surface area contributed by atoms with E-state index in [-0.39, 0.29) is 21.1 Å². The first-order chi connectivity index (χ1) is 9.46. The smallest absolute Gasteiger partial charge is 0.184 e. The minimum atomic E-state index is -0.870. The fourth-order valence-electron chi connectivity index (χ4n) is 0.684. The van der Waals surface area contributed by atoms with Gasteiger partial charge in [0.15, 0.2) is 0 Å². The largest absolute Gasteiger partial charge is 2.00 e. The summed E-state index contributed by atoms with van der Waals surface area (Å²) < 4.78 is 19.2. The maximum Gasteiger partial charge on any atom is 2.00 e. The van der Waals surface area contributed by atoms with Crippen LogP contribution < -0.4 is 0 Å². The van der Waals surface area contributed by atoms with Crippen LogP contribution in [0.2, 0.25) is 0 Å². The van der Waals surface area contributed by atoms with Gasteiger partial charge in [0.2, 0.25) is 0 Å². The van der Waals surface area contributed by atoms with Crippen LogP contribution in [0.15, 0.2) is 60.7 Å². The number of rotatable bonds is 0. The summed E-state index contributed by atoms with van der Waals surface area (Å²) in [6, 6.07) is 25.0. The van der Waals surface area contributed by atoms with Crippen LogP contribution in [-0.4, -0.2) is 25.0 Å². The van der Waals surface area contributed by atoms with Crippen molar-refractivity contribution < 1.29 is 29.5 Å². The molecule has 0 spiro atoms. The molecule has 0 aromatic heterocycles. The van der Waals surface area contributed by atoms with Crippen molar-refractivity contribution >= 4 is 21.6 Å². The molecule has 0 bridgehead atoms. The molecule has 0 amide bonds. The van der Waals surface area contributed by atoms with E-state index in [2.05, 4.69) is 12.1 Å². The Bertz CT molecular complexity index is 332. The van der Waals surface area contributed by atoms with Crippen LogP contribution in [0.5, 0.6) is 0 Å². The fourth-order valence-corrected chi connectivity index (χ4v) is 0.684. The summed E-state index contributed by atoms with van der Waals surface area (Å²) in [5.41, 5.74) is 0. The molecular weight excluding hydrogens is 483 g/mol. The van der Waals surface area contributed by atoms with Crippen LogP contribution in [0, 0.1) is 12.1 Å². The van der Waals surface area contributed by atoms with Gasteiger partial charge in [-0.3, -0.25) is 0 Å². The Morgan fingerprint density at radius 1 is 0.571 bits per heavy atom. The molecule has 0 radical (unpaired) electrons. The molecular formula is C16H24O2PtS2+2. The standard InChI is InChI=1S/2C6H5.2C2H6OS.Pt/c2*1-2-4-6-5-3-1;2*1-4(2)3;/h2*1-5H;2*1-2H3;/q2*-1;;;+2/p+2. The van der Waals surface area contributed by atoms with Gasteiger partial charge in [-0.05, 0) is 0 Å². The molecule has 0 saturated heterocycles. The first-order valence-corrected chi connectivity index (χ1v) is 10.3. The Labute approximate surface area is 148 Å². The summed E-state index contributed by atoms with van der Waals surface area (Å²) in [6.45, 7) is 0. The zero-order chi connectivity index (χ0) is 15.6. The molecule has 5 heteroatoms. The van der Waals surface area contributed by atoms with Gasteiger partial charge in [-0.1, -0.05) is 0 Å². The molecule has 0 saturated carbocycles. The third-order valence-corrected chi connectivity index (χ3v) is 1.21. The second-order valence-corrected chi connectivity index (χ2v) is 7.03. The third kappa shape index (κ3) is 45.2. The van der Waals surface area contributed by atoms with Gasteiger partial charge in [-0.2, -0.15) is 72.8 Å². The number of hydrogen-bond acceptors (Lipinski definition) is 2. The normalized spacial score (nSPS) is 7.90. The van der Waals surface area contributed by atoms with E-state index in [1.165, 1.54) is 0 Å². The van der Waals surface area contributed by atoms with Crippen molar-refractivity contribution in [3.8, 4) is 0 Å². The zero-order valence-corrected chi connectivity index (χ0v) is 16.9. The summed E-state index contributed by atoms with van der Waals surface area (Å²) in [5, 5.41) is 0. The minimum Gasteiger partial charge on any atom is -0.184 e. The average molecular weight is 508 g/mol. The molecule has 2 aromatic rings. The predicted molar refractivity (Wildman–Crippen MR) is 93.1 cm³/mol. The predicted octanol–water partition coefficient (Wildman–Crippen LogP) is 2.86. The monoisotopic (exact) mass is 507 g/mol. The van der Waals surface area contributed by atoms with Gasteiger partial charge < -0.3 is 0 Å². The van der Waals surface area contributed by atoms with Crippen molar-refractivity contribution in [3.63, 3.8) is 0 Å². The quantitative estimate of drug-likeness (QED) is 0.312. The molecule has 0 aliphatic carbocycles. The molecule has 0 atom stereocenters. The van der Waals surface area contributed by atoms with Crippen LogP contribution in [0.3, 0.4) is 0 Å². The maximum absolute atomic E-state index is 9.59. The third-order valence-electron chi connectivity index (χ3n) is 1.21. The van der Waals surface area contributed by atoms with Crippen molar-refractivity contribution in [1.82, 2.24) is 0 Å². The van der Waals surface area contributed by atoms with Crippen molar-refractivity contribution in [3.05, 3.63) is 72.8 Å². The van der Waals surface area contributed by atoms with Crippen LogP contribution in [0.1, 0.15) is 0 Å². The Balaban J connectivity index is -0.000000208. The van der Waals surface area contributed by atoms with Crippen molar-refractivity contribution in [2.24, 2.45) is 0 Å². The summed E-state index contributed by atoms with van der Waals surface area (Å²) in [5.74, 6) is 0. The Kier molecular flexibility index (Phi) is 26.3. The van der Waals surface area contributed by atoms with E-state index in [9.17, 15) is 8.42 Å². The molecule has 0 N–H and O–H groups in total. The molecule has 2 aromatic carbocycles. The van der Waals surface area contributed by atoms with Crippen LogP contribution >= 0.6 is 0 Å². The number of thiol groups is 2. The molecule has 2 rings (SSSR count). The van der Waals surface area contributed by atoms with Crippen molar-refractivity contribution in [2.45, 2.75) is 0 Å². The topological polar surface area (TPSA) is 34.1 Å². The summed E-state index contributed by atoms with van der Waals surface area (Å²) in [6.07, 6.45) is 6.70. The second kappa shape index (κ2) is 21.7. The van der Waals surface area contributed by atoms with Gasteiger partial charge in [0.25, 0.3) is 0 Å². The molecule has 2 nitrogen and oxygen atoms in total. The summed E-state index contributed by atoms with van der Waals surface area (Å²) >= 11 is 0. The Morgan fingerprint density at radius 2 is 0.762 bits per heavy atom. The molecule has 21 heavy (non-hydrogen) atoms. The van der Waals surface area contributed by atoms with E-state index >= 15 is 0 Å². The molecule has 0 aliphatic rings. The first-order valence-electron chi connectivity index (χ1n) is 5.98. The maximum atomic E-state index is 9.59. The summed E-state index contributed by atoms with van der Waals surface area (Å²) in [7, 11) is -1.74. The van der Waals surface area contributed by atoms with Crippen LogP contribution in [0.25, 0.3) is 0 Å². The molecule has 120 valence electrons. The van der Waals surface area contributed by atoms with Crippen LogP contribution in [-0.2, 0) is 51.1 Å². The van der Waals surface area contributed by atoms with Gasteiger partial charge in [-0.25, -0.2) is 0 Å². The minimum absolute atomic E-state index is 0. The van der Waals surface area contributed by atoms with Crippen molar-refractivity contribution in [2.75, 3.05) is 25.0 Å². The second-order valence-electron chi connectivity index (χ2n) is 3.78. The van der Waals surface area contributed by atoms with E-state index in [0.717, 1.165) is 0 Å². The fraction of sp³-hybridized carbons (Fsp3) is 0.250. The molecule has 0 unspecified atom stereocenters. The average Bonchev–Trinajstić information content (AvgIpc) is 2.42. The number of benzene rings is 2. The van der Waals surface area contributed by atoms with E-state index < -0.39 is 21.6 Å². The zero-order valence-electron chi connectivity index (χ0n) is 12.8.